The van der Waals surface area contributed by atoms with Gasteiger partial charge in [0.25, 0.3) is 0 Å². The van der Waals surface area contributed by atoms with Gasteiger partial charge in [0.1, 0.15) is 0 Å². The molecule has 0 amide bonds. The second-order valence-electron chi connectivity index (χ2n) is 14.4. The summed E-state index contributed by atoms with van der Waals surface area (Å²) < 4.78 is 4.84. The van der Waals surface area contributed by atoms with Crippen molar-refractivity contribution in [2.24, 2.45) is 0 Å². The van der Waals surface area contributed by atoms with Crippen LogP contribution in [0.1, 0.15) is 25.0 Å². The summed E-state index contributed by atoms with van der Waals surface area (Å²) in [5.74, 6) is 1.97. The third-order valence-corrected chi connectivity index (χ3v) is 12.3. The van der Waals surface area contributed by atoms with Gasteiger partial charge in [-0.15, -0.1) is 11.3 Å². The van der Waals surface area contributed by atoms with E-state index in [1.165, 1.54) is 64.2 Å². The second kappa shape index (κ2) is 11.3. The van der Waals surface area contributed by atoms with Crippen LogP contribution in [0.4, 0.5) is 0 Å². The minimum atomic E-state index is -0.102. The molecule has 0 aliphatic heterocycles. The Morgan fingerprint density at radius 3 is 2.00 bits per heavy atom. The Morgan fingerprint density at radius 1 is 0.453 bits per heavy atom. The average Bonchev–Trinajstić information content (AvgIpc) is 3.83. The van der Waals surface area contributed by atoms with Crippen LogP contribution in [-0.4, -0.2) is 19.5 Å². The zero-order valence-electron chi connectivity index (χ0n) is 29.2. The molecule has 0 bridgehead atoms. The first-order valence-electron chi connectivity index (χ1n) is 18.0. The lowest BCUT2D eigenvalue weighted by Gasteiger charge is -2.21. The highest BCUT2D eigenvalue weighted by atomic mass is 32.1. The lowest BCUT2D eigenvalue weighted by atomic mass is 9.82. The minimum Gasteiger partial charge on any atom is -0.309 e. The molecule has 7 aromatic carbocycles. The highest BCUT2D eigenvalue weighted by molar-refractivity contribution is 7.26. The molecule has 4 nitrogen and oxygen atoms in total. The normalized spacial score (nSPS) is 13.2. The van der Waals surface area contributed by atoms with Crippen molar-refractivity contribution in [2.75, 3.05) is 0 Å². The van der Waals surface area contributed by atoms with Gasteiger partial charge >= 0.3 is 0 Å². The van der Waals surface area contributed by atoms with E-state index in [4.69, 9.17) is 15.0 Å². The predicted molar refractivity (Wildman–Crippen MR) is 221 cm³/mol. The zero-order valence-corrected chi connectivity index (χ0v) is 30.0. The van der Waals surface area contributed by atoms with Gasteiger partial charge in [0.05, 0.1) is 11.0 Å². The molecule has 10 aromatic rings. The molecule has 11 rings (SSSR count). The van der Waals surface area contributed by atoms with Crippen LogP contribution < -0.4 is 0 Å². The van der Waals surface area contributed by atoms with E-state index in [-0.39, 0.29) is 5.41 Å². The van der Waals surface area contributed by atoms with E-state index >= 15 is 0 Å². The molecule has 3 aromatic heterocycles. The van der Waals surface area contributed by atoms with Gasteiger partial charge in [-0.1, -0.05) is 129 Å². The quantitative estimate of drug-likeness (QED) is 0.184. The van der Waals surface area contributed by atoms with Crippen LogP contribution in [0.3, 0.4) is 0 Å². The molecule has 5 heteroatoms. The third-order valence-electron chi connectivity index (χ3n) is 11.1. The predicted octanol–water partition coefficient (Wildman–Crippen LogP) is 12.6. The maximum atomic E-state index is 5.23. The first kappa shape index (κ1) is 30.2. The van der Waals surface area contributed by atoms with Crippen LogP contribution >= 0.6 is 11.3 Å². The Kier molecular flexibility index (Phi) is 6.43. The molecule has 1 aliphatic rings. The van der Waals surface area contributed by atoms with Crippen molar-refractivity contribution in [2.45, 2.75) is 19.3 Å². The van der Waals surface area contributed by atoms with Crippen molar-refractivity contribution in [1.82, 2.24) is 19.5 Å². The molecule has 0 radical (unpaired) electrons. The summed E-state index contributed by atoms with van der Waals surface area (Å²) in [6.07, 6.45) is 0. The molecular weight excluding hydrogens is 665 g/mol. The van der Waals surface area contributed by atoms with Gasteiger partial charge in [-0.25, -0.2) is 15.0 Å². The lowest BCUT2D eigenvalue weighted by molar-refractivity contribution is 0.661. The van der Waals surface area contributed by atoms with Gasteiger partial charge < -0.3 is 4.57 Å². The summed E-state index contributed by atoms with van der Waals surface area (Å²) >= 11 is 1.79. The Balaban J connectivity index is 1.13. The Bertz CT molecular complexity index is 3100. The Morgan fingerprint density at radius 2 is 1.11 bits per heavy atom. The van der Waals surface area contributed by atoms with Gasteiger partial charge in [-0.3, -0.25) is 0 Å². The van der Waals surface area contributed by atoms with E-state index in [9.17, 15) is 0 Å². The van der Waals surface area contributed by atoms with Crippen molar-refractivity contribution < 1.29 is 0 Å². The molecule has 0 saturated carbocycles. The highest BCUT2D eigenvalue weighted by Crippen LogP contribution is 2.51. The number of para-hydroxylation sites is 1. The minimum absolute atomic E-state index is 0.102. The average molecular weight is 697 g/mol. The number of nitrogens with zero attached hydrogens (tertiary/aromatic N) is 4. The summed E-state index contributed by atoms with van der Waals surface area (Å²) in [5.41, 5.74) is 11.6. The number of thiophene rings is 1. The number of fused-ring (bicyclic) bond motifs is 9. The summed E-state index contributed by atoms with van der Waals surface area (Å²) in [4.78, 5) is 15.5. The highest BCUT2D eigenvalue weighted by Gasteiger charge is 2.36. The smallest absolute Gasteiger partial charge is 0.165 e. The van der Waals surface area contributed by atoms with E-state index in [2.05, 4.69) is 158 Å². The third kappa shape index (κ3) is 4.51. The molecule has 53 heavy (non-hydrogen) atoms. The summed E-state index contributed by atoms with van der Waals surface area (Å²) in [6, 6.07) is 56.4. The van der Waals surface area contributed by atoms with Crippen LogP contribution in [0, 0.1) is 0 Å². The summed E-state index contributed by atoms with van der Waals surface area (Å²) in [6.45, 7) is 4.69. The number of hydrogen-bond donors (Lipinski definition) is 0. The Labute approximate surface area is 310 Å². The largest absolute Gasteiger partial charge is 0.309 e. The SMILES string of the molecule is CC1(C)c2ccccc2-c2cc3c4ccccc4n(-c4cccc(-c5nc(-c6ccccc6)nc(-c6cccc7c6sc6ccccc67)n5)c4)c3cc21. The van der Waals surface area contributed by atoms with Gasteiger partial charge in [0.2, 0.25) is 0 Å². The zero-order chi connectivity index (χ0) is 35.3. The molecular formula is C48H32N4S. The van der Waals surface area contributed by atoms with Crippen molar-refractivity contribution in [3.8, 4) is 51.0 Å². The van der Waals surface area contributed by atoms with E-state index in [1.54, 1.807) is 11.3 Å². The fraction of sp³-hybridized carbons (Fsp3) is 0.0625. The fourth-order valence-electron chi connectivity index (χ4n) is 8.49. The molecule has 0 fully saturated rings. The van der Waals surface area contributed by atoms with Crippen molar-refractivity contribution in [1.29, 1.82) is 0 Å². The van der Waals surface area contributed by atoms with Gasteiger partial charge in [0.15, 0.2) is 17.5 Å². The van der Waals surface area contributed by atoms with Crippen LogP contribution in [0.5, 0.6) is 0 Å². The fourth-order valence-corrected chi connectivity index (χ4v) is 9.70. The molecule has 0 saturated heterocycles. The summed E-state index contributed by atoms with van der Waals surface area (Å²) in [5, 5.41) is 4.96. The van der Waals surface area contributed by atoms with Crippen molar-refractivity contribution in [3.63, 3.8) is 0 Å². The molecule has 0 unspecified atom stereocenters. The van der Waals surface area contributed by atoms with Crippen molar-refractivity contribution >= 4 is 53.3 Å². The summed E-state index contributed by atoms with van der Waals surface area (Å²) in [7, 11) is 0. The Hall–Kier alpha value is -6.43. The number of aromatic nitrogens is 4. The van der Waals surface area contributed by atoms with Crippen LogP contribution in [0.25, 0.3) is 93.0 Å². The standard InChI is InChI=1S/C48H32N4S/c1-48(2)39-23-9-6-18-32(39)37-27-38-33-19-7-10-24-41(33)52(42(38)28-40(37)48)31-17-12-16-30(26-31)46-49-45(29-14-4-3-5-15-29)50-47(51-46)36-22-13-21-35-34-20-8-11-25-43(34)53-44(35)36/h3-28H,1-2H3. The first-order chi connectivity index (χ1) is 26.0. The number of hydrogen-bond acceptors (Lipinski definition) is 4. The topological polar surface area (TPSA) is 43.6 Å². The van der Waals surface area contributed by atoms with E-state index in [1.807, 2.05) is 18.2 Å². The second-order valence-corrected chi connectivity index (χ2v) is 15.5. The molecule has 0 atom stereocenters. The molecule has 250 valence electrons. The van der Waals surface area contributed by atoms with E-state index < -0.39 is 0 Å². The molecule has 0 N–H and O–H groups in total. The molecule has 3 heterocycles. The first-order valence-corrected chi connectivity index (χ1v) is 18.9. The van der Waals surface area contributed by atoms with E-state index in [0.29, 0.717) is 17.5 Å². The van der Waals surface area contributed by atoms with Gasteiger partial charge in [-0.2, -0.15) is 0 Å². The van der Waals surface area contributed by atoms with Crippen LogP contribution in [0.15, 0.2) is 158 Å². The molecule has 1 aliphatic carbocycles. The molecule has 0 spiro atoms. The van der Waals surface area contributed by atoms with Gasteiger partial charge in [-0.05, 0) is 64.7 Å². The van der Waals surface area contributed by atoms with Crippen LogP contribution in [0.2, 0.25) is 0 Å². The lowest BCUT2D eigenvalue weighted by Crippen LogP contribution is -2.14. The monoisotopic (exact) mass is 696 g/mol. The van der Waals surface area contributed by atoms with Crippen LogP contribution in [-0.2, 0) is 5.41 Å². The van der Waals surface area contributed by atoms with Crippen molar-refractivity contribution in [3.05, 3.63) is 169 Å². The van der Waals surface area contributed by atoms with E-state index in [0.717, 1.165) is 22.4 Å². The number of benzene rings is 7. The van der Waals surface area contributed by atoms with Gasteiger partial charge in [0, 0.05) is 58.7 Å². The number of rotatable bonds is 4. The maximum Gasteiger partial charge on any atom is 0.165 e. The maximum absolute atomic E-state index is 5.23.